The van der Waals surface area contributed by atoms with Crippen molar-refractivity contribution in [3.05, 3.63) is 65.9 Å². The van der Waals surface area contributed by atoms with E-state index in [-0.39, 0.29) is 4.90 Å². The number of piperidine rings is 1. The van der Waals surface area contributed by atoms with Gasteiger partial charge in [0.25, 0.3) is 0 Å². The number of likely N-dealkylation sites (tertiary alicyclic amines) is 1. The summed E-state index contributed by atoms with van der Waals surface area (Å²) >= 11 is 0. The van der Waals surface area contributed by atoms with Crippen molar-refractivity contribution in [3.63, 3.8) is 0 Å². The molecule has 1 aromatic heterocycles. The molecule has 0 aliphatic carbocycles. The zero-order chi connectivity index (χ0) is 26.9. The molecule has 2 aliphatic heterocycles. The molecule has 0 amide bonds. The topological polar surface area (TPSA) is 90.5 Å². The van der Waals surface area contributed by atoms with E-state index in [4.69, 9.17) is 4.98 Å². The summed E-state index contributed by atoms with van der Waals surface area (Å²) < 4.78 is 28.5. The van der Waals surface area contributed by atoms with E-state index in [0.717, 1.165) is 48.1 Å². The van der Waals surface area contributed by atoms with Crippen molar-refractivity contribution in [1.29, 1.82) is 0 Å². The number of fused-ring (bicyclic) bond motifs is 1. The van der Waals surface area contributed by atoms with Crippen LogP contribution in [0.3, 0.4) is 0 Å². The number of aromatic nitrogens is 2. The van der Waals surface area contributed by atoms with Crippen molar-refractivity contribution >= 4 is 33.2 Å². The summed E-state index contributed by atoms with van der Waals surface area (Å²) in [6, 6.07) is 15.6. The van der Waals surface area contributed by atoms with Gasteiger partial charge in [0.2, 0.25) is 16.0 Å². The van der Waals surface area contributed by atoms with Crippen molar-refractivity contribution in [1.82, 2.24) is 19.6 Å². The maximum Gasteiger partial charge on any atom is 0.241 e. The Kier molecular flexibility index (Phi) is 7.44. The number of rotatable bonds is 7. The number of anilines is 4. The largest absolute Gasteiger partial charge is 0.326 e. The van der Waals surface area contributed by atoms with Crippen LogP contribution in [0.15, 0.2) is 59.6 Å². The smallest absolute Gasteiger partial charge is 0.241 e. The minimum atomic E-state index is -3.64. The number of hydrogen-bond acceptors (Lipinski definition) is 7. The Morgan fingerprint density at radius 3 is 2.47 bits per heavy atom. The summed E-state index contributed by atoms with van der Waals surface area (Å²) in [7, 11) is -1.44. The monoisotopic (exact) mass is 534 g/mol. The number of hydrogen-bond donors (Lipinski definition) is 2. The van der Waals surface area contributed by atoms with Crippen LogP contribution in [0, 0.1) is 5.92 Å². The Hall–Kier alpha value is -3.01. The van der Waals surface area contributed by atoms with Crippen molar-refractivity contribution in [3.8, 4) is 0 Å². The Balaban J connectivity index is 1.30. The van der Waals surface area contributed by atoms with Crippen LogP contribution in [0.5, 0.6) is 0 Å². The predicted molar refractivity (Wildman–Crippen MR) is 153 cm³/mol. The van der Waals surface area contributed by atoms with Gasteiger partial charge in [0.1, 0.15) is 5.82 Å². The van der Waals surface area contributed by atoms with Gasteiger partial charge in [-0.2, -0.15) is 4.98 Å². The minimum Gasteiger partial charge on any atom is -0.326 e. The summed E-state index contributed by atoms with van der Waals surface area (Å²) in [6.07, 6.45) is 6.31. The third kappa shape index (κ3) is 6.34. The lowest BCUT2D eigenvalue weighted by Gasteiger charge is -2.28. The van der Waals surface area contributed by atoms with E-state index in [2.05, 4.69) is 56.1 Å². The lowest BCUT2D eigenvalue weighted by molar-refractivity contribution is 0.219. The van der Waals surface area contributed by atoms with Crippen LogP contribution in [-0.4, -0.2) is 55.5 Å². The second-order valence-electron chi connectivity index (χ2n) is 11.6. The molecule has 1 fully saturated rings. The molecule has 0 atom stereocenters. The maximum absolute atomic E-state index is 12.9. The predicted octanol–water partition coefficient (Wildman–Crippen LogP) is 4.88. The molecule has 1 saturated heterocycles. The van der Waals surface area contributed by atoms with Gasteiger partial charge >= 0.3 is 0 Å². The number of nitrogens with zero attached hydrogens (tertiary/aromatic N) is 4. The van der Waals surface area contributed by atoms with E-state index in [1.54, 1.807) is 18.2 Å². The van der Waals surface area contributed by atoms with E-state index >= 15 is 0 Å². The highest BCUT2D eigenvalue weighted by atomic mass is 32.2. The third-order valence-electron chi connectivity index (χ3n) is 7.15. The Morgan fingerprint density at radius 2 is 1.76 bits per heavy atom. The normalized spacial score (nSPS) is 17.0. The quantitative estimate of drug-likeness (QED) is 0.447. The summed E-state index contributed by atoms with van der Waals surface area (Å²) in [5, 5.41) is 3.34. The molecule has 0 unspecified atom stereocenters. The molecule has 5 rings (SSSR count). The van der Waals surface area contributed by atoms with Crippen molar-refractivity contribution in [2.24, 2.45) is 5.92 Å². The number of benzene rings is 2. The van der Waals surface area contributed by atoms with Crippen molar-refractivity contribution < 1.29 is 8.42 Å². The summed E-state index contributed by atoms with van der Waals surface area (Å²) in [6.45, 7) is 8.59. The van der Waals surface area contributed by atoms with Gasteiger partial charge in [-0.3, -0.25) is 0 Å². The minimum absolute atomic E-state index is 0.242. The van der Waals surface area contributed by atoms with Gasteiger partial charge in [0, 0.05) is 35.2 Å². The second-order valence-corrected chi connectivity index (χ2v) is 13.3. The molecule has 8 nitrogen and oxygen atoms in total. The zero-order valence-corrected chi connectivity index (χ0v) is 23.6. The van der Waals surface area contributed by atoms with Crippen LogP contribution in [0.4, 0.5) is 23.1 Å². The maximum atomic E-state index is 12.9. The first-order valence-electron chi connectivity index (χ1n) is 13.4. The fourth-order valence-corrected chi connectivity index (χ4v) is 6.65. The molecular weight excluding hydrogens is 496 g/mol. The van der Waals surface area contributed by atoms with Crippen LogP contribution in [0.2, 0.25) is 0 Å². The van der Waals surface area contributed by atoms with Gasteiger partial charge in [-0.25, -0.2) is 18.1 Å². The van der Waals surface area contributed by atoms with Crippen molar-refractivity contribution in [2.45, 2.75) is 56.9 Å². The lowest BCUT2D eigenvalue weighted by Crippen LogP contribution is -2.40. The SMILES string of the molecule is CN1CCC(Cc2ccc(Nc3ncc4c(n3)N(c3cccc(S(=O)(=O)NC(C)(C)C)c3)CC4)cc2)CC1. The lowest BCUT2D eigenvalue weighted by atomic mass is 9.90. The highest BCUT2D eigenvalue weighted by Crippen LogP contribution is 2.34. The van der Waals surface area contributed by atoms with Crippen LogP contribution in [-0.2, 0) is 22.9 Å². The van der Waals surface area contributed by atoms with E-state index in [1.807, 2.05) is 33.0 Å². The molecule has 0 spiro atoms. The first-order valence-corrected chi connectivity index (χ1v) is 14.9. The second kappa shape index (κ2) is 10.6. The van der Waals surface area contributed by atoms with Gasteiger partial charge in [0.15, 0.2) is 0 Å². The Bertz CT molecular complexity index is 1380. The number of nitrogens with one attached hydrogen (secondary N) is 2. The molecule has 202 valence electrons. The molecular formula is C29H38N6O2S. The molecule has 2 N–H and O–H groups in total. The average Bonchev–Trinajstić information content (AvgIpc) is 3.29. The van der Waals surface area contributed by atoms with E-state index in [9.17, 15) is 8.42 Å². The van der Waals surface area contributed by atoms with Gasteiger partial charge in [-0.05, 0) is 108 Å². The first kappa shape index (κ1) is 26.6. The molecule has 0 saturated carbocycles. The zero-order valence-electron chi connectivity index (χ0n) is 22.7. The molecule has 2 aromatic carbocycles. The fourth-order valence-electron chi connectivity index (χ4n) is 5.19. The van der Waals surface area contributed by atoms with Crippen LogP contribution >= 0.6 is 0 Å². The summed E-state index contributed by atoms with van der Waals surface area (Å²) in [5.41, 5.74) is 3.59. The van der Waals surface area contributed by atoms with E-state index in [1.165, 1.54) is 31.5 Å². The van der Waals surface area contributed by atoms with Gasteiger partial charge in [-0.1, -0.05) is 18.2 Å². The molecule has 2 aliphatic rings. The third-order valence-corrected chi connectivity index (χ3v) is 8.91. The molecule has 0 radical (unpaired) electrons. The van der Waals surface area contributed by atoms with E-state index in [0.29, 0.717) is 5.95 Å². The van der Waals surface area contributed by atoms with Gasteiger partial charge in [-0.15, -0.1) is 0 Å². The molecule has 3 aromatic rings. The summed E-state index contributed by atoms with van der Waals surface area (Å²) in [4.78, 5) is 14.1. The average molecular weight is 535 g/mol. The number of sulfonamides is 1. The molecule has 0 bridgehead atoms. The highest BCUT2D eigenvalue weighted by molar-refractivity contribution is 7.89. The molecule has 9 heteroatoms. The molecule has 3 heterocycles. The van der Waals surface area contributed by atoms with Crippen molar-refractivity contribution in [2.75, 3.05) is 36.9 Å². The van der Waals surface area contributed by atoms with Crippen LogP contribution in [0.25, 0.3) is 0 Å². The molecule has 38 heavy (non-hydrogen) atoms. The van der Waals surface area contributed by atoms with Gasteiger partial charge < -0.3 is 15.1 Å². The fraction of sp³-hybridized carbons (Fsp3) is 0.448. The Morgan fingerprint density at radius 1 is 1.03 bits per heavy atom. The highest BCUT2D eigenvalue weighted by Gasteiger charge is 2.26. The van der Waals surface area contributed by atoms with Crippen LogP contribution in [0.1, 0.15) is 44.7 Å². The van der Waals surface area contributed by atoms with Gasteiger partial charge in [0.05, 0.1) is 4.90 Å². The Labute approximate surface area is 226 Å². The first-order chi connectivity index (χ1) is 18.1. The van der Waals surface area contributed by atoms with E-state index < -0.39 is 15.6 Å². The van der Waals surface area contributed by atoms with Crippen LogP contribution < -0.4 is 14.9 Å². The summed E-state index contributed by atoms with van der Waals surface area (Å²) in [5.74, 6) is 2.09. The standard InChI is InChI=1S/C29H38N6O2S/c1-29(2,3)33-38(36,37)26-7-5-6-25(19-26)35-17-14-23-20-30-28(32-27(23)35)31-24-10-8-21(9-11-24)18-22-12-15-34(4)16-13-22/h5-11,19-20,22,33H,12-18H2,1-4H3,(H,30,31,32).